The van der Waals surface area contributed by atoms with Gasteiger partial charge in [0.1, 0.15) is 0 Å². The number of benzene rings is 4. The fourth-order valence-corrected chi connectivity index (χ4v) is 6.02. The molecular weight excluding hydrogens is 482 g/mol. The Hall–Kier alpha value is -3.80. The fraction of sp³-hybridized carbons (Fsp3) is 0.294. The normalized spacial score (nSPS) is 17.4. The summed E-state index contributed by atoms with van der Waals surface area (Å²) >= 11 is 0. The van der Waals surface area contributed by atoms with Crippen LogP contribution < -0.4 is 0 Å². The van der Waals surface area contributed by atoms with E-state index in [1.54, 1.807) is 12.1 Å². The van der Waals surface area contributed by atoms with E-state index >= 15 is 0 Å². The van der Waals surface area contributed by atoms with Crippen molar-refractivity contribution in [1.82, 2.24) is 9.80 Å². The predicted molar refractivity (Wildman–Crippen MR) is 157 cm³/mol. The van der Waals surface area contributed by atoms with Crippen molar-refractivity contribution in [2.75, 3.05) is 0 Å². The zero-order chi connectivity index (χ0) is 26.9. The van der Waals surface area contributed by atoms with Crippen LogP contribution in [0, 0.1) is 10.1 Å². The molecule has 1 aliphatic carbocycles. The molecule has 5 heteroatoms. The van der Waals surface area contributed by atoms with Crippen LogP contribution in [0.25, 0.3) is 0 Å². The molecule has 4 aromatic carbocycles. The lowest BCUT2D eigenvalue weighted by Crippen LogP contribution is -2.52. The van der Waals surface area contributed by atoms with Crippen LogP contribution in [-0.4, -0.2) is 26.8 Å². The minimum Gasteiger partial charge on any atom is -0.290 e. The third-order valence-corrected chi connectivity index (χ3v) is 7.88. The minimum atomic E-state index is -0.245. The third kappa shape index (κ3) is 7.20. The molecule has 5 nitrogen and oxygen atoms in total. The van der Waals surface area contributed by atoms with E-state index in [1.165, 1.54) is 29.5 Å². The highest BCUT2D eigenvalue weighted by atomic mass is 16.6. The molecule has 1 fully saturated rings. The largest absolute Gasteiger partial charge is 0.290 e. The van der Waals surface area contributed by atoms with Crippen molar-refractivity contribution in [3.8, 4) is 0 Å². The fourth-order valence-electron chi connectivity index (χ4n) is 6.02. The van der Waals surface area contributed by atoms with Crippen molar-refractivity contribution in [3.05, 3.63) is 148 Å². The van der Waals surface area contributed by atoms with Crippen molar-refractivity contribution in [2.45, 2.75) is 63.9 Å². The monoisotopic (exact) mass is 519 g/mol. The van der Waals surface area contributed by atoms with Gasteiger partial charge in [-0.3, -0.25) is 19.9 Å². The first-order chi connectivity index (χ1) is 19.2. The van der Waals surface area contributed by atoms with Gasteiger partial charge in [0, 0.05) is 49.9 Å². The van der Waals surface area contributed by atoms with Crippen LogP contribution in [-0.2, 0) is 26.2 Å². The van der Waals surface area contributed by atoms with Gasteiger partial charge in [-0.2, -0.15) is 0 Å². The molecule has 0 bridgehead atoms. The Morgan fingerprint density at radius 1 is 0.564 bits per heavy atom. The molecule has 0 spiro atoms. The Morgan fingerprint density at radius 2 is 0.949 bits per heavy atom. The Bertz CT molecular complexity index is 1270. The van der Waals surface area contributed by atoms with Gasteiger partial charge in [-0.1, -0.05) is 122 Å². The highest BCUT2D eigenvalue weighted by molar-refractivity contribution is 5.39. The summed E-state index contributed by atoms with van der Waals surface area (Å²) in [6, 6.07) is 39.8. The molecule has 0 N–H and O–H groups in total. The molecule has 0 aliphatic heterocycles. The highest BCUT2D eigenvalue weighted by Crippen LogP contribution is 2.33. The average Bonchev–Trinajstić information content (AvgIpc) is 2.98. The molecule has 0 saturated heterocycles. The van der Waals surface area contributed by atoms with E-state index in [4.69, 9.17) is 0 Å². The van der Waals surface area contributed by atoms with Gasteiger partial charge in [0.15, 0.2) is 0 Å². The zero-order valence-electron chi connectivity index (χ0n) is 22.4. The number of nitro benzene ring substituents is 1. The highest BCUT2D eigenvalue weighted by Gasteiger charge is 2.35. The number of hydrogen-bond donors (Lipinski definition) is 0. The van der Waals surface area contributed by atoms with E-state index in [0.717, 1.165) is 38.0 Å². The Morgan fingerprint density at radius 3 is 1.38 bits per heavy atom. The van der Waals surface area contributed by atoms with Gasteiger partial charge in [0.25, 0.3) is 5.69 Å². The van der Waals surface area contributed by atoms with Gasteiger partial charge in [-0.15, -0.1) is 0 Å². The SMILES string of the molecule is O=[N+]([O-])c1ccccc1CN(Cc1ccccc1)[C@@H]1CCCC[C@H]1N(Cc1ccccc1)Cc1ccccc1. The van der Waals surface area contributed by atoms with Crippen LogP contribution in [0.2, 0.25) is 0 Å². The summed E-state index contributed by atoms with van der Waals surface area (Å²) in [7, 11) is 0. The van der Waals surface area contributed by atoms with Crippen LogP contribution in [0.4, 0.5) is 5.69 Å². The molecule has 2 atom stereocenters. The molecular formula is C34H37N3O2. The van der Waals surface area contributed by atoms with Gasteiger partial charge in [-0.05, 0) is 29.5 Å². The molecule has 0 unspecified atom stereocenters. The van der Waals surface area contributed by atoms with Crippen LogP contribution in [0.5, 0.6) is 0 Å². The first kappa shape index (κ1) is 26.8. The van der Waals surface area contributed by atoms with Gasteiger partial charge >= 0.3 is 0 Å². The van der Waals surface area contributed by atoms with E-state index < -0.39 is 0 Å². The molecule has 1 aliphatic rings. The lowest BCUT2D eigenvalue weighted by molar-refractivity contribution is -0.385. The Kier molecular flexibility index (Phi) is 9.15. The van der Waals surface area contributed by atoms with Gasteiger partial charge in [0.2, 0.25) is 0 Å². The molecule has 0 radical (unpaired) electrons. The lowest BCUT2D eigenvalue weighted by atomic mass is 9.86. The van der Waals surface area contributed by atoms with E-state index in [9.17, 15) is 10.1 Å². The van der Waals surface area contributed by atoms with Crippen LogP contribution >= 0.6 is 0 Å². The summed E-state index contributed by atoms with van der Waals surface area (Å²) < 4.78 is 0. The number of para-hydroxylation sites is 1. The molecule has 0 heterocycles. The molecule has 200 valence electrons. The minimum absolute atomic E-state index is 0.202. The van der Waals surface area contributed by atoms with Crippen molar-refractivity contribution in [1.29, 1.82) is 0 Å². The van der Waals surface area contributed by atoms with Crippen LogP contribution in [0.3, 0.4) is 0 Å². The maximum atomic E-state index is 11.9. The second-order valence-electron chi connectivity index (χ2n) is 10.6. The topological polar surface area (TPSA) is 49.6 Å². The van der Waals surface area contributed by atoms with Gasteiger partial charge in [0.05, 0.1) is 4.92 Å². The molecule has 0 aromatic heterocycles. The summed E-state index contributed by atoms with van der Waals surface area (Å²) in [4.78, 5) is 16.8. The average molecular weight is 520 g/mol. The van der Waals surface area contributed by atoms with E-state index in [1.807, 2.05) is 18.2 Å². The smallest absolute Gasteiger partial charge is 0.273 e. The molecule has 39 heavy (non-hydrogen) atoms. The van der Waals surface area contributed by atoms with E-state index in [-0.39, 0.29) is 16.7 Å². The number of rotatable bonds is 11. The number of nitro groups is 1. The second kappa shape index (κ2) is 13.3. The third-order valence-electron chi connectivity index (χ3n) is 7.88. The second-order valence-corrected chi connectivity index (χ2v) is 10.6. The summed E-state index contributed by atoms with van der Waals surface area (Å²) in [5.74, 6) is 0. The molecule has 5 rings (SSSR count). The van der Waals surface area contributed by atoms with Crippen molar-refractivity contribution < 1.29 is 4.92 Å². The Labute approximate surface area is 231 Å². The molecule has 0 amide bonds. The summed E-state index contributed by atoms with van der Waals surface area (Å²) in [6.45, 7) is 3.07. The summed E-state index contributed by atoms with van der Waals surface area (Å²) in [5.41, 5.74) is 4.84. The predicted octanol–water partition coefficient (Wildman–Crippen LogP) is 7.61. The summed E-state index contributed by atoms with van der Waals surface area (Å²) in [5, 5.41) is 11.9. The maximum Gasteiger partial charge on any atom is 0.273 e. The number of nitrogens with zero attached hydrogens (tertiary/aromatic N) is 3. The number of hydrogen-bond acceptors (Lipinski definition) is 4. The van der Waals surface area contributed by atoms with Crippen molar-refractivity contribution in [2.24, 2.45) is 0 Å². The molecule has 4 aromatic rings. The standard InChI is InChI=1S/C34H37N3O2/c38-37(39)32-21-11-10-20-31(32)27-36(26-30-18-8-3-9-19-30)34-23-13-12-22-33(34)35(24-28-14-4-1-5-15-28)25-29-16-6-2-7-17-29/h1-11,14-21,33-34H,12-13,22-27H2/t33-,34-/m1/s1. The van der Waals surface area contributed by atoms with Crippen LogP contribution in [0.15, 0.2) is 115 Å². The van der Waals surface area contributed by atoms with Crippen molar-refractivity contribution >= 4 is 5.69 Å². The van der Waals surface area contributed by atoms with E-state index in [2.05, 4.69) is 94.7 Å². The van der Waals surface area contributed by atoms with Crippen molar-refractivity contribution in [3.63, 3.8) is 0 Å². The lowest BCUT2D eigenvalue weighted by Gasteiger charge is -2.45. The quantitative estimate of drug-likeness (QED) is 0.151. The van der Waals surface area contributed by atoms with E-state index in [0.29, 0.717) is 12.6 Å². The first-order valence-electron chi connectivity index (χ1n) is 14.0. The van der Waals surface area contributed by atoms with Gasteiger partial charge < -0.3 is 0 Å². The first-order valence-corrected chi connectivity index (χ1v) is 14.0. The van der Waals surface area contributed by atoms with Gasteiger partial charge in [-0.25, -0.2) is 0 Å². The maximum absolute atomic E-state index is 11.9. The Balaban J connectivity index is 1.49. The molecule has 1 saturated carbocycles. The van der Waals surface area contributed by atoms with Crippen LogP contribution in [0.1, 0.15) is 47.9 Å². The summed E-state index contributed by atoms with van der Waals surface area (Å²) in [6.07, 6.45) is 4.57. The zero-order valence-corrected chi connectivity index (χ0v) is 22.4.